The van der Waals surface area contributed by atoms with Crippen LogP contribution in [0.4, 0.5) is 17.1 Å². The zero-order valence-electron chi connectivity index (χ0n) is 16.1. The van der Waals surface area contributed by atoms with Crippen LogP contribution in [0.3, 0.4) is 0 Å². The molecule has 0 fully saturated rings. The first-order chi connectivity index (χ1) is 14.7. The first-order valence-electron chi connectivity index (χ1n) is 8.88. The predicted molar refractivity (Wildman–Crippen MR) is 114 cm³/mol. The largest absolute Gasteiger partial charge is 0.497 e. The van der Waals surface area contributed by atoms with Gasteiger partial charge < -0.3 is 5.11 Å². The Hall–Kier alpha value is -4.60. The van der Waals surface area contributed by atoms with E-state index in [2.05, 4.69) is 61.5 Å². The maximum Gasteiger partial charge on any atom is 0.324 e. The van der Waals surface area contributed by atoms with Crippen molar-refractivity contribution in [2.75, 3.05) is 0 Å². The minimum atomic E-state index is -1.21. The van der Waals surface area contributed by atoms with E-state index in [4.69, 9.17) is 5.11 Å². The molecule has 4 rings (SSSR count). The molecule has 0 bridgehead atoms. The van der Waals surface area contributed by atoms with Gasteiger partial charge in [0.05, 0.1) is 26.9 Å². The van der Waals surface area contributed by atoms with E-state index in [1.807, 2.05) is 0 Å². The van der Waals surface area contributed by atoms with E-state index in [0.29, 0.717) is 12.1 Å². The second kappa shape index (κ2) is 8.41. The zero-order valence-corrected chi connectivity index (χ0v) is 16.1. The lowest BCUT2D eigenvalue weighted by Crippen LogP contribution is -1.97. The Balaban J connectivity index is 0.000000176. The van der Waals surface area contributed by atoms with Gasteiger partial charge in [-0.2, -0.15) is 0 Å². The van der Waals surface area contributed by atoms with E-state index in [-0.39, 0.29) is 0 Å². The Kier molecular flexibility index (Phi) is 5.73. The molecule has 0 heterocycles. The molecule has 0 saturated heterocycles. The standard InChI is InChI=1S/C15H12.C6H3N3O7/c1-11-14-8-4-2-6-12(14)10-13-7-3-5-9-15(11)13;10-6-4(8(13)14)1-3(7(11)12)2-5(6)9(15)16/h2-10H,1H3;1-2,10H. The van der Waals surface area contributed by atoms with Crippen LogP contribution >= 0.6 is 0 Å². The average Bonchev–Trinajstić information content (AvgIpc) is 2.74. The minimum absolute atomic E-state index is 0.447. The first kappa shape index (κ1) is 21.1. The number of fused-ring (bicyclic) bond motifs is 2. The van der Waals surface area contributed by atoms with Crippen molar-refractivity contribution in [3.8, 4) is 5.75 Å². The predicted octanol–water partition coefficient (Wildman–Crippen LogP) is 5.42. The molecular formula is C21H15N3O7. The van der Waals surface area contributed by atoms with Gasteiger partial charge in [-0.1, -0.05) is 48.5 Å². The maximum absolute atomic E-state index is 10.4. The molecule has 0 unspecified atom stereocenters. The summed E-state index contributed by atoms with van der Waals surface area (Å²) in [5.74, 6) is -1.21. The Morgan fingerprint density at radius 2 is 1.10 bits per heavy atom. The fraction of sp³-hybridized carbons (Fsp3) is 0.0476. The monoisotopic (exact) mass is 421 g/mol. The Morgan fingerprint density at radius 1 is 0.677 bits per heavy atom. The molecule has 0 atom stereocenters. The molecule has 0 radical (unpaired) electrons. The number of nitrogens with zero attached hydrogens (tertiary/aromatic N) is 3. The van der Waals surface area contributed by atoms with E-state index in [0.717, 1.165) is 0 Å². The van der Waals surface area contributed by atoms with Crippen molar-refractivity contribution in [1.82, 2.24) is 0 Å². The van der Waals surface area contributed by atoms with Gasteiger partial charge in [0.25, 0.3) is 11.4 Å². The highest BCUT2D eigenvalue weighted by Crippen LogP contribution is 2.39. The number of aryl methyl sites for hydroxylation is 1. The third-order valence-electron chi connectivity index (χ3n) is 4.70. The van der Waals surface area contributed by atoms with Crippen LogP contribution in [-0.4, -0.2) is 19.9 Å². The molecule has 0 saturated carbocycles. The van der Waals surface area contributed by atoms with E-state index < -0.39 is 37.6 Å². The highest BCUT2D eigenvalue weighted by Gasteiger charge is 2.30. The summed E-state index contributed by atoms with van der Waals surface area (Å²) in [6.07, 6.45) is 0. The molecule has 31 heavy (non-hydrogen) atoms. The van der Waals surface area contributed by atoms with Crippen LogP contribution in [0, 0.1) is 37.3 Å². The van der Waals surface area contributed by atoms with E-state index in [1.165, 1.54) is 27.1 Å². The molecule has 10 heteroatoms. The minimum Gasteiger partial charge on any atom is -0.497 e. The van der Waals surface area contributed by atoms with Gasteiger partial charge in [-0.25, -0.2) is 0 Å². The molecule has 4 aromatic carbocycles. The number of hydrogen-bond donors (Lipinski definition) is 1. The summed E-state index contributed by atoms with van der Waals surface area (Å²) in [6.45, 7) is 2.20. The summed E-state index contributed by atoms with van der Waals surface area (Å²) >= 11 is 0. The van der Waals surface area contributed by atoms with Gasteiger partial charge in [0.2, 0.25) is 0 Å². The van der Waals surface area contributed by atoms with E-state index >= 15 is 0 Å². The highest BCUT2D eigenvalue weighted by atomic mass is 16.6. The van der Waals surface area contributed by atoms with Crippen molar-refractivity contribution in [2.24, 2.45) is 0 Å². The Morgan fingerprint density at radius 3 is 1.48 bits per heavy atom. The summed E-state index contributed by atoms with van der Waals surface area (Å²) in [7, 11) is 0. The lowest BCUT2D eigenvalue weighted by atomic mass is 9.98. The topological polar surface area (TPSA) is 150 Å². The number of aromatic hydroxyl groups is 1. The van der Waals surface area contributed by atoms with Crippen molar-refractivity contribution >= 4 is 38.6 Å². The van der Waals surface area contributed by atoms with E-state index in [1.54, 1.807) is 0 Å². The SMILES string of the molecule is Cc1c2ccccc2cc2ccccc12.O=[N+]([O-])c1cc([N+](=O)[O-])c(O)c([N+](=O)[O-])c1. The van der Waals surface area contributed by atoms with Gasteiger partial charge in [-0.05, 0) is 40.1 Å². The van der Waals surface area contributed by atoms with Crippen LogP contribution in [0.1, 0.15) is 5.56 Å². The Labute approximate surface area is 174 Å². The zero-order chi connectivity index (χ0) is 22.7. The average molecular weight is 421 g/mol. The number of nitro groups is 3. The van der Waals surface area contributed by atoms with Gasteiger partial charge in [0, 0.05) is 0 Å². The van der Waals surface area contributed by atoms with Gasteiger partial charge in [-0.15, -0.1) is 0 Å². The molecule has 0 amide bonds. The summed E-state index contributed by atoms with van der Waals surface area (Å²) in [5.41, 5.74) is -1.62. The van der Waals surface area contributed by atoms with Crippen LogP contribution in [0.5, 0.6) is 5.75 Å². The smallest absolute Gasteiger partial charge is 0.324 e. The van der Waals surface area contributed by atoms with Crippen LogP contribution in [0.25, 0.3) is 21.5 Å². The number of nitro benzene ring substituents is 3. The number of rotatable bonds is 3. The number of non-ortho nitro benzene ring substituents is 1. The van der Waals surface area contributed by atoms with Crippen LogP contribution in [0.15, 0.2) is 66.7 Å². The van der Waals surface area contributed by atoms with Crippen LogP contribution < -0.4 is 0 Å². The molecular weight excluding hydrogens is 406 g/mol. The third kappa shape index (κ3) is 4.22. The summed E-state index contributed by atoms with van der Waals surface area (Å²) in [6, 6.07) is 20.3. The molecule has 0 aromatic heterocycles. The van der Waals surface area contributed by atoms with Crippen molar-refractivity contribution < 1.29 is 19.9 Å². The van der Waals surface area contributed by atoms with Crippen molar-refractivity contribution in [3.05, 3.63) is 103 Å². The lowest BCUT2D eigenvalue weighted by molar-refractivity contribution is -0.404. The molecule has 0 aliphatic carbocycles. The highest BCUT2D eigenvalue weighted by molar-refractivity contribution is 6.01. The quantitative estimate of drug-likeness (QED) is 0.263. The second-order valence-electron chi connectivity index (χ2n) is 6.55. The lowest BCUT2D eigenvalue weighted by Gasteiger charge is -2.06. The van der Waals surface area contributed by atoms with Crippen molar-refractivity contribution in [2.45, 2.75) is 6.92 Å². The van der Waals surface area contributed by atoms with Crippen LogP contribution in [-0.2, 0) is 0 Å². The van der Waals surface area contributed by atoms with Gasteiger partial charge in [-0.3, -0.25) is 30.3 Å². The number of phenolic OH excluding ortho intramolecular Hbond substituents is 1. The summed E-state index contributed by atoms with van der Waals surface area (Å²) < 4.78 is 0. The fourth-order valence-corrected chi connectivity index (χ4v) is 3.21. The molecule has 0 aliphatic heterocycles. The number of benzene rings is 4. The van der Waals surface area contributed by atoms with Gasteiger partial charge >= 0.3 is 11.4 Å². The molecule has 10 nitrogen and oxygen atoms in total. The number of phenols is 1. The summed E-state index contributed by atoms with van der Waals surface area (Å²) in [4.78, 5) is 27.8. The van der Waals surface area contributed by atoms with E-state index in [9.17, 15) is 30.3 Å². The van der Waals surface area contributed by atoms with Gasteiger partial charge in [0.1, 0.15) is 0 Å². The summed E-state index contributed by atoms with van der Waals surface area (Å²) in [5, 5.41) is 45.6. The second-order valence-corrected chi connectivity index (χ2v) is 6.55. The fourth-order valence-electron chi connectivity index (χ4n) is 3.21. The van der Waals surface area contributed by atoms with Gasteiger partial charge in [0.15, 0.2) is 0 Å². The molecule has 1 N–H and O–H groups in total. The Bertz CT molecular complexity index is 1260. The maximum atomic E-state index is 10.4. The third-order valence-corrected chi connectivity index (χ3v) is 4.70. The van der Waals surface area contributed by atoms with Crippen LogP contribution in [0.2, 0.25) is 0 Å². The first-order valence-corrected chi connectivity index (χ1v) is 8.88. The molecule has 156 valence electrons. The normalized spacial score (nSPS) is 10.4. The van der Waals surface area contributed by atoms with Crippen molar-refractivity contribution in [3.63, 3.8) is 0 Å². The van der Waals surface area contributed by atoms with Crippen molar-refractivity contribution in [1.29, 1.82) is 0 Å². The molecule has 0 spiro atoms. The molecule has 4 aromatic rings. The number of hydrogen-bond acceptors (Lipinski definition) is 7. The molecule has 0 aliphatic rings.